The predicted molar refractivity (Wildman–Crippen MR) is 71.3 cm³/mol. The second-order valence-electron chi connectivity index (χ2n) is 5.30. The monoisotopic (exact) mass is 230 g/mol. The van der Waals surface area contributed by atoms with Gasteiger partial charge in [-0.2, -0.15) is 0 Å². The van der Waals surface area contributed by atoms with Gasteiger partial charge < -0.3 is 10.2 Å². The number of likely N-dealkylation sites (N-methyl/N-ethyl adjacent to an activating group) is 1. The first-order valence-corrected chi connectivity index (χ1v) is 6.93. The lowest BCUT2D eigenvalue weighted by atomic mass is 9.95. The van der Waals surface area contributed by atoms with Crippen molar-refractivity contribution < 1.29 is 0 Å². The fourth-order valence-electron chi connectivity index (χ4n) is 2.90. The first-order chi connectivity index (χ1) is 8.38. The maximum atomic E-state index is 3.68. The van der Waals surface area contributed by atoms with Gasteiger partial charge in [0.25, 0.3) is 0 Å². The largest absolute Gasteiger partial charge is 0.308 e. The summed E-state index contributed by atoms with van der Waals surface area (Å²) in [4.78, 5) is 2.55. The number of benzene rings is 1. The van der Waals surface area contributed by atoms with Crippen molar-refractivity contribution in [2.24, 2.45) is 0 Å². The van der Waals surface area contributed by atoms with Crippen LogP contribution in [0.2, 0.25) is 0 Å². The molecule has 1 heterocycles. The van der Waals surface area contributed by atoms with Crippen molar-refractivity contribution in [1.82, 2.24) is 10.2 Å². The van der Waals surface area contributed by atoms with E-state index in [1.165, 1.54) is 32.5 Å². The van der Waals surface area contributed by atoms with Crippen molar-refractivity contribution in [2.45, 2.75) is 31.7 Å². The molecule has 1 aromatic carbocycles. The molecule has 0 bridgehead atoms. The molecule has 2 aliphatic rings. The van der Waals surface area contributed by atoms with Crippen LogP contribution in [0.15, 0.2) is 24.3 Å². The third kappa shape index (κ3) is 2.38. The Hall–Kier alpha value is -0.860. The SMILES string of the molecule is CCN1CCNC(c2ccccc2C2CC2)C1. The number of hydrogen-bond donors (Lipinski definition) is 1. The minimum Gasteiger partial charge on any atom is -0.308 e. The van der Waals surface area contributed by atoms with Gasteiger partial charge >= 0.3 is 0 Å². The van der Waals surface area contributed by atoms with Gasteiger partial charge in [0.2, 0.25) is 0 Å². The van der Waals surface area contributed by atoms with Gasteiger partial charge in [-0.1, -0.05) is 31.2 Å². The molecule has 2 nitrogen and oxygen atoms in total. The van der Waals surface area contributed by atoms with E-state index in [1.807, 2.05) is 0 Å². The van der Waals surface area contributed by atoms with Gasteiger partial charge in [-0.3, -0.25) is 0 Å². The minimum atomic E-state index is 0.542. The van der Waals surface area contributed by atoms with E-state index in [-0.39, 0.29) is 0 Å². The van der Waals surface area contributed by atoms with Gasteiger partial charge in [0, 0.05) is 25.7 Å². The van der Waals surface area contributed by atoms with Crippen LogP contribution in [-0.2, 0) is 0 Å². The fraction of sp³-hybridized carbons (Fsp3) is 0.600. The van der Waals surface area contributed by atoms with Gasteiger partial charge in [0.05, 0.1) is 0 Å². The van der Waals surface area contributed by atoms with E-state index in [2.05, 4.69) is 41.4 Å². The molecule has 92 valence electrons. The number of rotatable bonds is 3. The van der Waals surface area contributed by atoms with E-state index in [1.54, 1.807) is 11.1 Å². The molecular weight excluding hydrogens is 208 g/mol. The third-order valence-electron chi connectivity index (χ3n) is 4.10. The van der Waals surface area contributed by atoms with E-state index < -0.39 is 0 Å². The molecule has 1 saturated carbocycles. The van der Waals surface area contributed by atoms with Crippen molar-refractivity contribution in [3.05, 3.63) is 35.4 Å². The van der Waals surface area contributed by atoms with Crippen LogP contribution in [0.5, 0.6) is 0 Å². The predicted octanol–water partition coefficient (Wildman–Crippen LogP) is 2.53. The van der Waals surface area contributed by atoms with Gasteiger partial charge in [0.15, 0.2) is 0 Å². The van der Waals surface area contributed by atoms with Crippen molar-refractivity contribution in [3.8, 4) is 0 Å². The van der Waals surface area contributed by atoms with E-state index in [4.69, 9.17) is 0 Å². The first-order valence-electron chi connectivity index (χ1n) is 6.93. The van der Waals surface area contributed by atoms with E-state index in [0.29, 0.717) is 6.04 Å². The number of piperazine rings is 1. The standard InChI is InChI=1S/C15H22N2/c1-2-17-10-9-16-15(11-17)14-6-4-3-5-13(14)12-7-8-12/h3-6,12,15-16H,2,7-11H2,1H3. The summed E-state index contributed by atoms with van der Waals surface area (Å²) < 4.78 is 0. The number of hydrogen-bond acceptors (Lipinski definition) is 2. The van der Waals surface area contributed by atoms with Crippen LogP contribution in [0, 0.1) is 0 Å². The van der Waals surface area contributed by atoms with Crippen LogP contribution in [0.3, 0.4) is 0 Å². The Morgan fingerprint density at radius 1 is 1.24 bits per heavy atom. The summed E-state index contributed by atoms with van der Waals surface area (Å²) in [5, 5.41) is 3.68. The summed E-state index contributed by atoms with van der Waals surface area (Å²) in [6.45, 7) is 6.91. The van der Waals surface area contributed by atoms with Crippen molar-refractivity contribution >= 4 is 0 Å². The van der Waals surface area contributed by atoms with E-state index in [9.17, 15) is 0 Å². The molecule has 1 aliphatic carbocycles. The molecule has 2 heteroatoms. The van der Waals surface area contributed by atoms with Crippen LogP contribution >= 0.6 is 0 Å². The number of nitrogens with zero attached hydrogens (tertiary/aromatic N) is 1. The van der Waals surface area contributed by atoms with Crippen LogP contribution in [0.25, 0.3) is 0 Å². The van der Waals surface area contributed by atoms with Crippen molar-refractivity contribution in [2.75, 3.05) is 26.2 Å². The van der Waals surface area contributed by atoms with Gasteiger partial charge in [0.1, 0.15) is 0 Å². The summed E-state index contributed by atoms with van der Waals surface area (Å²) >= 11 is 0. The lowest BCUT2D eigenvalue weighted by Crippen LogP contribution is -2.45. The molecule has 3 rings (SSSR count). The Bertz CT molecular complexity index is 384. The van der Waals surface area contributed by atoms with Gasteiger partial charge in [-0.05, 0) is 36.4 Å². The highest BCUT2D eigenvalue weighted by molar-refractivity contribution is 5.36. The average Bonchev–Trinajstić information content (AvgIpc) is 3.23. The van der Waals surface area contributed by atoms with Crippen LogP contribution in [0.4, 0.5) is 0 Å². The Kier molecular flexibility index (Phi) is 3.17. The second kappa shape index (κ2) is 4.79. The maximum absolute atomic E-state index is 3.68. The quantitative estimate of drug-likeness (QED) is 0.858. The van der Waals surface area contributed by atoms with E-state index >= 15 is 0 Å². The maximum Gasteiger partial charge on any atom is 0.0452 e. The molecule has 1 aromatic rings. The summed E-state index contributed by atoms with van der Waals surface area (Å²) in [6, 6.07) is 9.58. The lowest BCUT2D eigenvalue weighted by molar-refractivity contribution is 0.209. The number of nitrogens with one attached hydrogen (secondary N) is 1. The van der Waals surface area contributed by atoms with Crippen molar-refractivity contribution in [3.63, 3.8) is 0 Å². The zero-order valence-corrected chi connectivity index (χ0v) is 10.7. The smallest absolute Gasteiger partial charge is 0.0452 e. The zero-order chi connectivity index (χ0) is 11.7. The Morgan fingerprint density at radius 2 is 2.00 bits per heavy atom. The summed E-state index contributed by atoms with van der Waals surface area (Å²) in [6.07, 6.45) is 2.78. The van der Waals surface area contributed by atoms with Crippen LogP contribution in [0.1, 0.15) is 42.9 Å². The van der Waals surface area contributed by atoms with Crippen LogP contribution < -0.4 is 5.32 Å². The van der Waals surface area contributed by atoms with Crippen molar-refractivity contribution in [1.29, 1.82) is 0 Å². The van der Waals surface area contributed by atoms with Crippen LogP contribution in [-0.4, -0.2) is 31.1 Å². The molecule has 2 fully saturated rings. The molecule has 17 heavy (non-hydrogen) atoms. The Labute approximate surface area is 104 Å². The normalized spacial score (nSPS) is 26.1. The van der Waals surface area contributed by atoms with Gasteiger partial charge in [-0.25, -0.2) is 0 Å². The first kappa shape index (κ1) is 11.2. The highest BCUT2D eigenvalue weighted by Gasteiger charge is 2.29. The fourth-order valence-corrected chi connectivity index (χ4v) is 2.90. The molecule has 1 saturated heterocycles. The molecule has 0 radical (unpaired) electrons. The lowest BCUT2D eigenvalue weighted by Gasteiger charge is -2.34. The molecule has 1 atom stereocenters. The summed E-state index contributed by atoms with van der Waals surface area (Å²) in [5.74, 6) is 0.852. The summed E-state index contributed by atoms with van der Waals surface area (Å²) in [5.41, 5.74) is 3.15. The molecule has 0 spiro atoms. The zero-order valence-electron chi connectivity index (χ0n) is 10.7. The average molecular weight is 230 g/mol. The second-order valence-corrected chi connectivity index (χ2v) is 5.30. The molecular formula is C15H22N2. The molecule has 1 aliphatic heterocycles. The summed E-state index contributed by atoms with van der Waals surface area (Å²) in [7, 11) is 0. The minimum absolute atomic E-state index is 0.542. The van der Waals surface area contributed by atoms with E-state index in [0.717, 1.165) is 12.5 Å². The Balaban J connectivity index is 1.82. The third-order valence-corrected chi connectivity index (χ3v) is 4.10. The molecule has 0 amide bonds. The topological polar surface area (TPSA) is 15.3 Å². The molecule has 1 unspecified atom stereocenters. The molecule has 0 aromatic heterocycles. The highest BCUT2D eigenvalue weighted by atomic mass is 15.2. The highest BCUT2D eigenvalue weighted by Crippen LogP contribution is 2.43. The molecule has 1 N–H and O–H groups in total. The van der Waals surface area contributed by atoms with Gasteiger partial charge in [-0.15, -0.1) is 0 Å². The Morgan fingerprint density at radius 3 is 2.71 bits per heavy atom.